The number of nitrogens with zero attached hydrogens (tertiary/aromatic N) is 2. The first-order valence-electron chi connectivity index (χ1n) is 9.17. The van der Waals surface area contributed by atoms with Gasteiger partial charge >= 0.3 is 6.18 Å². The first kappa shape index (κ1) is 21.0. The van der Waals surface area contributed by atoms with Crippen LogP contribution < -0.4 is 10.2 Å². The Morgan fingerprint density at radius 3 is 2.45 bits per heavy atom. The van der Waals surface area contributed by atoms with Gasteiger partial charge in [-0.05, 0) is 61.0 Å². The fourth-order valence-corrected chi connectivity index (χ4v) is 3.85. The van der Waals surface area contributed by atoms with Crippen LogP contribution in [0.25, 0.3) is 0 Å². The standard InChI is InChI=1S/C22H16ClF4N3O/c1-12-9-15(24)5-8-17(12)29-11-30(18-7-3-13(2)28-20(18)23)21(31)16-6-4-14(10-19(16)29)22(25,26)27/h3-10,28H,2,11H2,1H3. The quantitative estimate of drug-likeness (QED) is 0.466. The fraction of sp³-hybridized carbons (Fsp3) is 0.136. The molecule has 160 valence electrons. The number of anilines is 2. The predicted octanol–water partition coefficient (Wildman–Crippen LogP) is 5.79. The molecule has 1 N–H and O–H groups in total. The van der Waals surface area contributed by atoms with Crippen molar-refractivity contribution in [1.29, 1.82) is 0 Å². The molecule has 0 saturated heterocycles. The average Bonchev–Trinajstić information content (AvgIpc) is 2.68. The summed E-state index contributed by atoms with van der Waals surface area (Å²) in [5, 5.41) is 2.99. The molecule has 31 heavy (non-hydrogen) atoms. The zero-order valence-corrected chi connectivity index (χ0v) is 17.0. The van der Waals surface area contributed by atoms with E-state index in [0.29, 0.717) is 22.6 Å². The summed E-state index contributed by atoms with van der Waals surface area (Å²) in [6, 6.07) is 6.90. The zero-order chi connectivity index (χ0) is 22.5. The van der Waals surface area contributed by atoms with Crippen molar-refractivity contribution in [3.05, 3.63) is 94.2 Å². The van der Waals surface area contributed by atoms with E-state index in [1.54, 1.807) is 19.1 Å². The molecule has 0 fully saturated rings. The van der Waals surface area contributed by atoms with Crippen molar-refractivity contribution < 1.29 is 22.4 Å². The molecule has 0 radical (unpaired) electrons. The number of benzene rings is 2. The fourth-order valence-electron chi connectivity index (χ4n) is 3.56. The summed E-state index contributed by atoms with van der Waals surface area (Å²) in [4.78, 5) is 16.1. The number of fused-ring (bicyclic) bond motifs is 1. The van der Waals surface area contributed by atoms with Crippen molar-refractivity contribution in [2.24, 2.45) is 0 Å². The number of carbonyl (C=O) groups is 1. The van der Waals surface area contributed by atoms with Crippen molar-refractivity contribution in [3.63, 3.8) is 0 Å². The van der Waals surface area contributed by atoms with Crippen molar-refractivity contribution >= 4 is 28.9 Å². The van der Waals surface area contributed by atoms with Crippen LogP contribution in [0.5, 0.6) is 0 Å². The highest BCUT2D eigenvalue weighted by Gasteiger charge is 2.37. The van der Waals surface area contributed by atoms with E-state index in [1.807, 2.05) is 0 Å². The number of rotatable bonds is 2. The lowest BCUT2D eigenvalue weighted by molar-refractivity contribution is -0.137. The van der Waals surface area contributed by atoms with Crippen molar-refractivity contribution in [3.8, 4) is 0 Å². The van der Waals surface area contributed by atoms with E-state index in [0.717, 1.165) is 18.2 Å². The molecule has 0 aromatic heterocycles. The predicted molar refractivity (Wildman–Crippen MR) is 110 cm³/mol. The molecule has 2 aromatic rings. The molecule has 2 aliphatic rings. The van der Waals surface area contributed by atoms with Crippen molar-refractivity contribution in [1.82, 2.24) is 10.2 Å². The number of aryl methyl sites for hydroxylation is 1. The number of nitrogens with one attached hydrogen (secondary N) is 1. The monoisotopic (exact) mass is 449 g/mol. The molecule has 0 saturated carbocycles. The first-order chi connectivity index (χ1) is 14.6. The van der Waals surface area contributed by atoms with E-state index in [1.165, 1.54) is 28.0 Å². The summed E-state index contributed by atoms with van der Waals surface area (Å²) in [6.45, 7) is 5.26. The van der Waals surface area contributed by atoms with Gasteiger partial charge in [-0.15, -0.1) is 0 Å². The van der Waals surface area contributed by atoms with Crippen LogP contribution in [0, 0.1) is 12.7 Å². The number of hydrogen-bond donors (Lipinski definition) is 1. The van der Waals surface area contributed by atoms with E-state index in [2.05, 4.69) is 11.9 Å². The first-order valence-corrected chi connectivity index (χ1v) is 9.54. The second-order valence-corrected chi connectivity index (χ2v) is 7.52. The minimum Gasteiger partial charge on any atom is -0.345 e. The highest BCUT2D eigenvalue weighted by Crippen LogP contribution is 2.41. The number of carbonyl (C=O) groups excluding carboxylic acids is 1. The molecule has 0 bridgehead atoms. The van der Waals surface area contributed by atoms with Crippen LogP contribution in [0.4, 0.5) is 28.9 Å². The topological polar surface area (TPSA) is 35.6 Å². The molecule has 2 aliphatic heterocycles. The second kappa shape index (κ2) is 7.46. The molecule has 9 heteroatoms. The molecule has 4 nitrogen and oxygen atoms in total. The molecule has 0 aliphatic carbocycles. The second-order valence-electron chi connectivity index (χ2n) is 7.15. The Morgan fingerprint density at radius 2 is 1.81 bits per heavy atom. The van der Waals surface area contributed by atoms with E-state index in [-0.39, 0.29) is 23.1 Å². The van der Waals surface area contributed by atoms with Gasteiger partial charge in [-0.1, -0.05) is 18.2 Å². The number of alkyl halides is 3. The lowest BCUT2D eigenvalue weighted by atomic mass is 10.0. The van der Waals surface area contributed by atoms with Gasteiger partial charge in [0.05, 0.1) is 22.5 Å². The Morgan fingerprint density at radius 1 is 1.06 bits per heavy atom. The van der Waals surface area contributed by atoms with Gasteiger partial charge < -0.3 is 10.2 Å². The van der Waals surface area contributed by atoms with Gasteiger partial charge in [0.2, 0.25) is 0 Å². The largest absolute Gasteiger partial charge is 0.416 e. The molecular weight excluding hydrogens is 434 g/mol. The lowest BCUT2D eigenvalue weighted by Gasteiger charge is -2.40. The molecule has 0 atom stereocenters. The normalized spacial score (nSPS) is 16.6. The molecule has 2 heterocycles. The van der Waals surface area contributed by atoms with Gasteiger partial charge in [0, 0.05) is 11.4 Å². The molecule has 1 amide bonds. The minimum absolute atomic E-state index is 0.0674. The molecular formula is C22H16ClF4N3O. The third-order valence-corrected chi connectivity index (χ3v) is 5.34. The molecule has 0 spiro atoms. The Labute approximate surface area is 180 Å². The minimum atomic E-state index is -4.58. The van der Waals surface area contributed by atoms with Gasteiger partial charge in [-0.3, -0.25) is 9.69 Å². The van der Waals surface area contributed by atoms with Gasteiger partial charge in [-0.2, -0.15) is 13.2 Å². The Hall–Kier alpha value is -3.26. The van der Waals surface area contributed by atoms with Crippen LogP contribution in [0.3, 0.4) is 0 Å². The van der Waals surface area contributed by atoms with Crippen molar-refractivity contribution in [2.75, 3.05) is 11.6 Å². The summed E-state index contributed by atoms with van der Waals surface area (Å²) in [7, 11) is 0. The summed E-state index contributed by atoms with van der Waals surface area (Å²) >= 11 is 6.28. The van der Waals surface area contributed by atoms with Gasteiger partial charge in [-0.25, -0.2) is 4.39 Å². The van der Waals surface area contributed by atoms with Crippen LogP contribution in [-0.2, 0) is 6.18 Å². The van der Waals surface area contributed by atoms with E-state index >= 15 is 0 Å². The van der Waals surface area contributed by atoms with Crippen LogP contribution in [0.1, 0.15) is 21.5 Å². The van der Waals surface area contributed by atoms with Gasteiger partial charge in [0.25, 0.3) is 5.91 Å². The summed E-state index contributed by atoms with van der Waals surface area (Å²) in [6.07, 6.45) is -1.35. The highest BCUT2D eigenvalue weighted by atomic mass is 35.5. The van der Waals surface area contributed by atoms with Gasteiger partial charge in [0.15, 0.2) is 0 Å². The van der Waals surface area contributed by atoms with Crippen LogP contribution in [0.2, 0.25) is 0 Å². The number of allylic oxidation sites excluding steroid dienone is 2. The molecule has 2 aromatic carbocycles. The highest BCUT2D eigenvalue weighted by molar-refractivity contribution is 6.30. The molecule has 0 unspecified atom stereocenters. The Balaban J connectivity index is 1.89. The van der Waals surface area contributed by atoms with Crippen LogP contribution in [-0.4, -0.2) is 17.5 Å². The summed E-state index contributed by atoms with van der Waals surface area (Å²) < 4.78 is 53.7. The third-order valence-electron chi connectivity index (χ3n) is 5.05. The Bertz CT molecular complexity index is 1170. The zero-order valence-electron chi connectivity index (χ0n) is 16.2. The Kier molecular flexibility index (Phi) is 5.05. The number of amides is 1. The summed E-state index contributed by atoms with van der Waals surface area (Å²) in [5.74, 6) is -0.981. The number of hydrogen-bond acceptors (Lipinski definition) is 3. The van der Waals surface area contributed by atoms with E-state index in [9.17, 15) is 22.4 Å². The average molecular weight is 450 g/mol. The van der Waals surface area contributed by atoms with Crippen LogP contribution >= 0.6 is 11.6 Å². The SMILES string of the molecule is C=C1C=CC(N2CN(c3ccc(F)cc3C)c3cc(C(F)(F)F)ccc3C2=O)=C(Cl)N1. The van der Waals surface area contributed by atoms with Gasteiger partial charge in [0.1, 0.15) is 17.6 Å². The van der Waals surface area contributed by atoms with E-state index in [4.69, 9.17) is 11.6 Å². The lowest BCUT2D eigenvalue weighted by Crippen LogP contribution is -2.45. The van der Waals surface area contributed by atoms with E-state index < -0.39 is 23.5 Å². The third kappa shape index (κ3) is 3.79. The maximum absolute atomic E-state index is 13.7. The summed E-state index contributed by atoms with van der Waals surface area (Å²) in [5.41, 5.74) is 1.10. The number of dihydropyridines is 1. The van der Waals surface area contributed by atoms with Crippen molar-refractivity contribution in [2.45, 2.75) is 13.1 Å². The maximum Gasteiger partial charge on any atom is 0.416 e. The smallest absolute Gasteiger partial charge is 0.345 e. The molecule has 4 rings (SSSR count). The maximum atomic E-state index is 13.7. The van der Waals surface area contributed by atoms with Crippen LogP contribution in [0.15, 0.2) is 71.7 Å². The number of halogens is 5.